The summed E-state index contributed by atoms with van der Waals surface area (Å²) in [5, 5.41) is 11.9. The van der Waals surface area contributed by atoms with Crippen LogP contribution in [0.4, 0.5) is 33.1 Å². The van der Waals surface area contributed by atoms with Crippen molar-refractivity contribution in [2.24, 2.45) is 5.92 Å². The maximum atomic E-state index is 13.1. The lowest BCUT2D eigenvalue weighted by molar-refractivity contribution is 0.598. The highest BCUT2D eigenvalue weighted by atomic mass is 32.2. The lowest BCUT2D eigenvalue weighted by Crippen LogP contribution is -2.13. The van der Waals surface area contributed by atoms with E-state index in [0.29, 0.717) is 22.3 Å². The van der Waals surface area contributed by atoms with Crippen LogP contribution in [-0.2, 0) is 32.9 Å². The summed E-state index contributed by atoms with van der Waals surface area (Å²) in [6.45, 7) is 0.942. The van der Waals surface area contributed by atoms with Gasteiger partial charge in [0, 0.05) is 23.0 Å². The summed E-state index contributed by atoms with van der Waals surface area (Å²) in [6.07, 6.45) is 6.69. The minimum absolute atomic E-state index is 0.00273. The Bertz CT molecular complexity index is 3300. The van der Waals surface area contributed by atoms with Crippen LogP contribution in [0, 0.1) is 11.7 Å². The van der Waals surface area contributed by atoms with E-state index >= 15 is 0 Å². The van der Waals surface area contributed by atoms with Gasteiger partial charge in [0.25, 0.3) is 20.0 Å². The van der Waals surface area contributed by atoms with E-state index in [0.717, 1.165) is 78.5 Å². The number of fused-ring (bicyclic) bond motifs is 4. The van der Waals surface area contributed by atoms with Crippen molar-refractivity contribution in [2.45, 2.75) is 60.4 Å². The van der Waals surface area contributed by atoms with Gasteiger partial charge in [0.1, 0.15) is 17.5 Å². The topological polar surface area (TPSA) is 154 Å². The quantitative estimate of drug-likeness (QED) is 0.0760. The summed E-state index contributed by atoms with van der Waals surface area (Å²) < 4.78 is 70.1. The highest BCUT2D eigenvalue weighted by Crippen LogP contribution is 2.36. The van der Waals surface area contributed by atoms with Gasteiger partial charge in [-0.05, 0) is 164 Å². The van der Waals surface area contributed by atoms with E-state index in [1.54, 1.807) is 30.3 Å². The number of aryl methyl sites for hydroxylation is 2. The highest BCUT2D eigenvalue weighted by molar-refractivity contribution is 7.93. The SMILES string of the molecule is O=S(=O)(Nc1cccc2nc(N[C@@H]3CCc4ccccc43)ccc12)c1ccc(F)cc1.O=S(=O)(Nc1cccc2nc(N[C@@H]3CCc4ccccc43)ccc12)c1ccc(NCC2CC2)cc1. The summed E-state index contributed by atoms with van der Waals surface area (Å²) in [6, 6.07) is 47.4. The van der Waals surface area contributed by atoms with Gasteiger partial charge in [-0.2, -0.15) is 0 Å². The Hall–Kier alpha value is -7.03. The molecule has 66 heavy (non-hydrogen) atoms. The van der Waals surface area contributed by atoms with E-state index in [1.807, 2.05) is 60.7 Å². The third kappa shape index (κ3) is 9.51. The molecule has 0 spiro atoms. The van der Waals surface area contributed by atoms with Gasteiger partial charge in [0.2, 0.25) is 0 Å². The van der Waals surface area contributed by atoms with Gasteiger partial charge < -0.3 is 16.0 Å². The molecule has 0 radical (unpaired) electrons. The normalized spacial score (nSPS) is 16.4. The zero-order valence-corrected chi connectivity index (χ0v) is 37.5. The van der Waals surface area contributed by atoms with Crippen LogP contribution in [0.15, 0.2) is 168 Å². The van der Waals surface area contributed by atoms with E-state index in [4.69, 9.17) is 9.97 Å². The second-order valence-electron chi connectivity index (χ2n) is 17.0. The molecule has 3 aliphatic rings. The second kappa shape index (κ2) is 18.1. The first-order valence-electron chi connectivity index (χ1n) is 22.2. The van der Waals surface area contributed by atoms with Crippen LogP contribution >= 0.6 is 0 Å². The third-order valence-corrected chi connectivity index (χ3v) is 15.2. The van der Waals surface area contributed by atoms with Crippen molar-refractivity contribution in [1.82, 2.24) is 9.97 Å². The second-order valence-corrected chi connectivity index (χ2v) is 20.4. The minimum Gasteiger partial charge on any atom is -0.385 e. The molecule has 8 aromatic rings. The Morgan fingerprint density at radius 3 is 1.45 bits per heavy atom. The van der Waals surface area contributed by atoms with Gasteiger partial charge in [-0.1, -0.05) is 60.7 Å². The van der Waals surface area contributed by atoms with E-state index in [2.05, 4.69) is 67.9 Å². The Morgan fingerprint density at radius 1 is 0.500 bits per heavy atom. The predicted molar refractivity (Wildman–Crippen MR) is 261 cm³/mol. The molecular formula is C52H48FN7O4S2. The molecule has 0 saturated heterocycles. The standard InChI is InChI=1S/C28H28N4O2S.C24H20FN3O2S/c33-35(34,22-13-11-21(12-14-22)29-18-19-8-9-19)32-27-7-3-6-25-24(27)15-17-28(30-25)31-26-16-10-20-4-1-2-5-23(20)26;25-17-9-11-18(12-10-17)31(29,30)28-23-7-3-6-21-20(23)13-15-24(26-21)27-22-14-8-16-4-1-2-5-19(16)22/h1-7,11-15,17,19,26,29,32H,8-10,16,18H2,(H,30,31);1-7,9-13,15,22,28H,8,14H2,(H,26,27)/t26-;22-/m11/s1. The molecule has 0 bridgehead atoms. The van der Waals surface area contributed by atoms with E-state index in [-0.39, 0.29) is 21.9 Å². The molecule has 0 amide bonds. The lowest BCUT2D eigenvalue weighted by Gasteiger charge is -2.16. The lowest BCUT2D eigenvalue weighted by atomic mass is 10.1. The summed E-state index contributed by atoms with van der Waals surface area (Å²) in [7, 11) is -7.57. The van der Waals surface area contributed by atoms with Gasteiger partial charge in [0.05, 0.1) is 44.3 Å². The molecular weight excluding hydrogens is 870 g/mol. The van der Waals surface area contributed by atoms with Gasteiger partial charge in [0.15, 0.2) is 0 Å². The molecule has 3 aliphatic carbocycles. The van der Waals surface area contributed by atoms with Crippen molar-refractivity contribution in [2.75, 3.05) is 31.9 Å². The van der Waals surface area contributed by atoms with E-state index in [9.17, 15) is 21.2 Å². The molecule has 11 nitrogen and oxygen atoms in total. The number of pyridine rings is 2. The highest BCUT2D eigenvalue weighted by Gasteiger charge is 2.25. The van der Waals surface area contributed by atoms with Crippen LogP contribution in [0.25, 0.3) is 21.8 Å². The number of halogens is 1. The summed E-state index contributed by atoms with van der Waals surface area (Å²) in [5.41, 5.74) is 8.66. The molecule has 1 fully saturated rings. The number of rotatable bonds is 13. The van der Waals surface area contributed by atoms with Gasteiger partial charge in [-0.25, -0.2) is 31.2 Å². The van der Waals surface area contributed by atoms with Crippen molar-refractivity contribution in [3.05, 3.63) is 186 Å². The van der Waals surface area contributed by atoms with Crippen molar-refractivity contribution < 1.29 is 21.2 Å². The molecule has 0 aliphatic heterocycles. The maximum Gasteiger partial charge on any atom is 0.261 e. The average molecular weight is 918 g/mol. The van der Waals surface area contributed by atoms with Gasteiger partial charge in [-0.15, -0.1) is 0 Å². The van der Waals surface area contributed by atoms with Crippen LogP contribution in [0.2, 0.25) is 0 Å². The number of benzene rings is 6. The molecule has 2 aromatic heterocycles. The Labute approximate surface area is 384 Å². The van der Waals surface area contributed by atoms with Gasteiger partial charge >= 0.3 is 0 Å². The van der Waals surface area contributed by atoms with Crippen LogP contribution in [0.5, 0.6) is 0 Å². The fourth-order valence-corrected chi connectivity index (χ4v) is 10.9. The molecule has 2 heterocycles. The third-order valence-electron chi connectivity index (χ3n) is 12.4. The molecule has 5 N–H and O–H groups in total. The van der Waals surface area contributed by atoms with Crippen LogP contribution in [-0.4, -0.2) is 33.3 Å². The first-order valence-corrected chi connectivity index (χ1v) is 25.1. The monoisotopic (exact) mass is 917 g/mol. The van der Waals surface area contributed by atoms with E-state index in [1.165, 1.54) is 47.2 Å². The van der Waals surface area contributed by atoms with Crippen molar-refractivity contribution in [3.63, 3.8) is 0 Å². The summed E-state index contributed by atoms with van der Waals surface area (Å²) >= 11 is 0. The van der Waals surface area contributed by atoms with Crippen LogP contribution < -0.4 is 25.4 Å². The number of aromatic nitrogens is 2. The average Bonchev–Trinajstić information content (AvgIpc) is 3.95. The van der Waals surface area contributed by atoms with Crippen LogP contribution in [0.1, 0.15) is 60.0 Å². The molecule has 334 valence electrons. The van der Waals surface area contributed by atoms with Crippen molar-refractivity contribution in [3.8, 4) is 0 Å². The Balaban J connectivity index is 0.000000156. The number of sulfonamides is 2. The first kappa shape index (κ1) is 42.9. The zero-order valence-electron chi connectivity index (χ0n) is 35.9. The number of nitrogens with one attached hydrogen (secondary N) is 5. The minimum atomic E-state index is -3.84. The molecule has 6 aromatic carbocycles. The summed E-state index contributed by atoms with van der Waals surface area (Å²) in [4.78, 5) is 9.69. The number of hydrogen-bond acceptors (Lipinski definition) is 9. The number of hydrogen-bond donors (Lipinski definition) is 5. The number of anilines is 5. The smallest absolute Gasteiger partial charge is 0.261 e. The fourth-order valence-electron chi connectivity index (χ4n) is 8.78. The Morgan fingerprint density at radius 2 is 0.970 bits per heavy atom. The van der Waals surface area contributed by atoms with Crippen molar-refractivity contribution in [1.29, 1.82) is 0 Å². The van der Waals surface area contributed by atoms with Crippen LogP contribution in [0.3, 0.4) is 0 Å². The number of nitrogens with zero attached hydrogens (tertiary/aromatic N) is 2. The van der Waals surface area contributed by atoms with E-state index < -0.39 is 25.9 Å². The maximum absolute atomic E-state index is 13.1. The van der Waals surface area contributed by atoms with Crippen molar-refractivity contribution >= 4 is 70.6 Å². The molecule has 11 rings (SSSR count). The molecule has 2 atom stereocenters. The van der Waals surface area contributed by atoms with Gasteiger partial charge in [-0.3, -0.25) is 9.44 Å². The molecule has 0 unspecified atom stereocenters. The summed E-state index contributed by atoms with van der Waals surface area (Å²) in [5.74, 6) is 1.80. The first-order chi connectivity index (χ1) is 32.0. The Kier molecular flexibility index (Phi) is 11.8. The zero-order chi connectivity index (χ0) is 45.3. The molecule has 1 saturated carbocycles. The molecule has 14 heteroatoms. The fraction of sp³-hybridized carbons (Fsp3) is 0.192. The predicted octanol–water partition coefficient (Wildman–Crippen LogP) is 11.2. The largest absolute Gasteiger partial charge is 0.385 e.